The molecule has 0 saturated carbocycles. The van der Waals surface area contributed by atoms with Crippen LogP contribution in [0.4, 0.5) is 0 Å². The summed E-state index contributed by atoms with van der Waals surface area (Å²) in [5.41, 5.74) is 1.23. The molecule has 2 aromatic rings. The second kappa shape index (κ2) is 3.06. The Labute approximate surface area is 74.0 Å². The molecule has 0 aliphatic rings. The van der Waals surface area contributed by atoms with Crippen molar-refractivity contribution in [1.82, 2.24) is 10.1 Å². The Morgan fingerprint density at radius 1 is 1.58 bits per heavy atom. The Morgan fingerprint density at radius 2 is 2.50 bits per heavy atom. The number of aryl methyl sites for hydroxylation is 1. The smallest absolute Gasteiger partial charge is 0.231 e. The van der Waals surface area contributed by atoms with Gasteiger partial charge < -0.3 is 4.52 Å². The van der Waals surface area contributed by atoms with Gasteiger partial charge in [0, 0.05) is 0 Å². The first-order valence-electron chi connectivity index (χ1n) is 3.65. The van der Waals surface area contributed by atoms with Gasteiger partial charge >= 0.3 is 0 Å². The van der Waals surface area contributed by atoms with E-state index >= 15 is 0 Å². The van der Waals surface area contributed by atoms with Crippen LogP contribution in [0.5, 0.6) is 0 Å². The van der Waals surface area contributed by atoms with Crippen LogP contribution >= 0.6 is 11.3 Å². The van der Waals surface area contributed by atoms with E-state index in [1.807, 2.05) is 12.3 Å². The molecule has 0 atom stereocenters. The summed E-state index contributed by atoms with van der Waals surface area (Å²) in [4.78, 5) is 4.11. The van der Waals surface area contributed by atoms with Crippen LogP contribution in [0.3, 0.4) is 0 Å². The normalized spacial score (nSPS) is 10.4. The average molecular weight is 180 g/mol. The van der Waals surface area contributed by atoms with E-state index in [1.54, 1.807) is 11.3 Å². The molecule has 0 spiro atoms. The summed E-state index contributed by atoms with van der Waals surface area (Å²) >= 11 is 1.68. The lowest BCUT2D eigenvalue weighted by Gasteiger charge is -1.87. The third-order valence-corrected chi connectivity index (χ3v) is 2.24. The Hall–Kier alpha value is -1.16. The van der Waals surface area contributed by atoms with Crippen LogP contribution < -0.4 is 0 Å². The van der Waals surface area contributed by atoms with Crippen LogP contribution in [-0.4, -0.2) is 10.1 Å². The zero-order valence-corrected chi connectivity index (χ0v) is 7.47. The van der Waals surface area contributed by atoms with E-state index in [2.05, 4.69) is 21.6 Å². The Balaban J connectivity index is 2.14. The summed E-state index contributed by atoms with van der Waals surface area (Å²) in [6, 6.07) is 2.06. The summed E-state index contributed by atoms with van der Waals surface area (Å²) in [6.45, 7) is 1.82. The topological polar surface area (TPSA) is 38.9 Å². The van der Waals surface area contributed by atoms with E-state index in [0.29, 0.717) is 11.7 Å². The maximum absolute atomic E-state index is 4.98. The molecular formula is C8H8N2OS. The third-order valence-electron chi connectivity index (χ3n) is 1.51. The van der Waals surface area contributed by atoms with E-state index in [4.69, 9.17) is 4.52 Å². The average Bonchev–Trinajstić information content (AvgIpc) is 2.63. The van der Waals surface area contributed by atoms with Gasteiger partial charge in [-0.3, -0.25) is 0 Å². The van der Waals surface area contributed by atoms with Crippen molar-refractivity contribution in [3.05, 3.63) is 34.1 Å². The Kier molecular flexibility index (Phi) is 1.91. The maximum atomic E-state index is 4.98. The van der Waals surface area contributed by atoms with E-state index in [0.717, 1.165) is 6.42 Å². The molecule has 12 heavy (non-hydrogen) atoms. The number of thiophene rings is 1. The molecule has 2 heterocycles. The molecule has 0 aliphatic carbocycles. The van der Waals surface area contributed by atoms with Crippen LogP contribution in [-0.2, 0) is 6.42 Å². The van der Waals surface area contributed by atoms with Crippen LogP contribution in [0.2, 0.25) is 0 Å². The van der Waals surface area contributed by atoms with Gasteiger partial charge in [0.15, 0.2) is 5.82 Å². The summed E-state index contributed by atoms with van der Waals surface area (Å²) in [6.07, 6.45) is 0.740. The SMILES string of the molecule is Cc1noc(Cc2ccsc2)n1. The lowest BCUT2D eigenvalue weighted by atomic mass is 10.2. The predicted molar refractivity (Wildman–Crippen MR) is 46.2 cm³/mol. The second-order valence-corrected chi connectivity index (χ2v) is 3.32. The second-order valence-electron chi connectivity index (χ2n) is 2.54. The first-order chi connectivity index (χ1) is 5.84. The number of rotatable bonds is 2. The molecule has 0 saturated heterocycles. The quantitative estimate of drug-likeness (QED) is 0.709. The van der Waals surface area contributed by atoms with Gasteiger partial charge in [0.25, 0.3) is 0 Å². The highest BCUT2D eigenvalue weighted by molar-refractivity contribution is 7.07. The molecule has 0 amide bonds. The van der Waals surface area contributed by atoms with Gasteiger partial charge in [0.1, 0.15) is 0 Å². The van der Waals surface area contributed by atoms with Crippen LogP contribution in [0.1, 0.15) is 17.3 Å². The van der Waals surface area contributed by atoms with Crippen molar-refractivity contribution in [1.29, 1.82) is 0 Å². The molecular weight excluding hydrogens is 172 g/mol. The Bertz CT molecular complexity index is 353. The van der Waals surface area contributed by atoms with Crippen molar-refractivity contribution in [2.24, 2.45) is 0 Å². The minimum absolute atomic E-state index is 0.686. The Morgan fingerprint density at radius 3 is 3.08 bits per heavy atom. The highest BCUT2D eigenvalue weighted by atomic mass is 32.1. The molecule has 2 aromatic heterocycles. The first-order valence-corrected chi connectivity index (χ1v) is 4.59. The van der Waals surface area contributed by atoms with Crippen molar-refractivity contribution in [3.8, 4) is 0 Å². The fourth-order valence-corrected chi connectivity index (χ4v) is 1.65. The van der Waals surface area contributed by atoms with Gasteiger partial charge in [-0.05, 0) is 29.3 Å². The van der Waals surface area contributed by atoms with Crippen molar-refractivity contribution in [2.45, 2.75) is 13.3 Å². The largest absolute Gasteiger partial charge is 0.339 e. The van der Waals surface area contributed by atoms with Crippen molar-refractivity contribution in [3.63, 3.8) is 0 Å². The predicted octanol–water partition coefficient (Wildman–Crippen LogP) is 2.03. The highest BCUT2D eigenvalue weighted by Crippen LogP contribution is 2.10. The number of aromatic nitrogens is 2. The van der Waals surface area contributed by atoms with Gasteiger partial charge in [-0.15, -0.1) is 0 Å². The van der Waals surface area contributed by atoms with E-state index in [9.17, 15) is 0 Å². The van der Waals surface area contributed by atoms with Gasteiger partial charge in [-0.1, -0.05) is 5.16 Å². The van der Waals surface area contributed by atoms with Crippen molar-refractivity contribution in [2.75, 3.05) is 0 Å². The summed E-state index contributed by atoms with van der Waals surface area (Å²) in [7, 11) is 0. The fourth-order valence-electron chi connectivity index (χ4n) is 0.980. The molecule has 3 nitrogen and oxygen atoms in total. The summed E-state index contributed by atoms with van der Waals surface area (Å²) in [5.74, 6) is 1.38. The molecule has 0 unspecified atom stereocenters. The van der Waals surface area contributed by atoms with Gasteiger partial charge in [-0.2, -0.15) is 16.3 Å². The van der Waals surface area contributed by atoms with Gasteiger partial charge in [0.05, 0.1) is 6.42 Å². The zero-order chi connectivity index (χ0) is 8.39. The molecule has 0 fully saturated rings. The number of nitrogens with zero attached hydrogens (tertiary/aromatic N) is 2. The molecule has 0 bridgehead atoms. The number of hydrogen-bond acceptors (Lipinski definition) is 4. The summed E-state index contributed by atoms with van der Waals surface area (Å²) in [5, 5.41) is 7.84. The molecule has 0 aliphatic heterocycles. The van der Waals surface area contributed by atoms with E-state index < -0.39 is 0 Å². The van der Waals surface area contributed by atoms with Crippen LogP contribution in [0.25, 0.3) is 0 Å². The lowest BCUT2D eigenvalue weighted by Crippen LogP contribution is -1.84. The monoisotopic (exact) mass is 180 g/mol. The fraction of sp³-hybridized carbons (Fsp3) is 0.250. The molecule has 2 rings (SSSR count). The summed E-state index contributed by atoms with van der Waals surface area (Å²) < 4.78 is 4.98. The molecule has 0 radical (unpaired) electrons. The van der Waals surface area contributed by atoms with Gasteiger partial charge in [-0.25, -0.2) is 0 Å². The van der Waals surface area contributed by atoms with E-state index in [1.165, 1.54) is 5.56 Å². The minimum Gasteiger partial charge on any atom is -0.339 e. The first kappa shape index (κ1) is 7.49. The molecule has 0 aromatic carbocycles. The zero-order valence-electron chi connectivity index (χ0n) is 6.65. The third kappa shape index (κ3) is 1.53. The van der Waals surface area contributed by atoms with Crippen molar-refractivity contribution >= 4 is 11.3 Å². The highest BCUT2D eigenvalue weighted by Gasteiger charge is 2.03. The van der Waals surface area contributed by atoms with Crippen LogP contribution in [0, 0.1) is 6.92 Å². The molecule has 0 N–H and O–H groups in total. The van der Waals surface area contributed by atoms with Crippen molar-refractivity contribution < 1.29 is 4.52 Å². The van der Waals surface area contributed by atoms with Gasteiger partial charge in [0.2, 0.25) is 5.89 Å². The van der Waals surface area contributed by atoms with E-state index in [-0.39, 0.29) is 0 Å². The minimum atomic E-state index is 0.686. The lowest BCUT2D eigenvalue weighted by molar-refractivity contribution is 0.381. The standard InChI is InChI=1S/C8H8N2OS/c1-6-9-8(11-10-6)4-7-2-3-12-5-7/h2-3,5H,4H2,1H3. The molecule has 4 heteroatoms. The molecule has 62 valence electrons. The van der Waals surface area contributed by atoms with Crippen LogP contribution in [0.15, 0.2) is 21.3 Å². The maximum Gasteiger partial charge on any atom is 0.231 e. The number of hydrogen-bond donors (Lipinski definition) is 0.